The Labute approximate surface area is 86.9 Å². The largest absolute Gasteiger partial charge is 0.394 e. The summed E-state index contributed by atoms with van der Waals surface area (Å²) in [6, 6.07) is 5.88. The Balaban J connectivity index is 3.28. The van der Waals surface area contributed by atoms with Gasteiger partial charge in [0.1, 0.15) is 0 Å². The topological polar surface area (TPSA) is 46.2 Å². The Morgan fingerprint density at radius 2 is 2.15 bits per heavy atom. The fraction of sp³-hybridized carbons (Fsp3) is 0.400. The van der Waals surface area contributed by atoms with E-state index in [1.165, 1.54) is 0 Å². The van der Waals surface area contributed by atoms with Gasteiger partial charge in [0.05, 0.1) is 12.1 Å². The van der Waals surface area contributed by atoms with E-state index < -0.39 is 5.54 Å². The molecule has 3 heteroatoms. The number of aliphatic hydroxyl groups excluding tert-OH is 1. The van der Waals surface area contributed by atoms with Crippen molar-refractivity contribution in [2.75, 3.05) is 6.61 Å². The second-order valence-electron chi connectivity index (χ2n) is 3.51. The third-order valence-electron chi connectivity index (χ3n) is 2.12. The molecule has 0 amide bonds. The molecule has 0 bridgehead atoms. The molecule has 0 fully saturated rings. The van der Waals surface area contributed by atoms with Gasteiger partial charge in [0, 0.05) is 4.47 Å². The summed E-state index contributed by atoms with van der Waals surface area (Å²) in [5.41, 5.74) is 7.34. The zero-order valence-corrected chi connectivity index (χ0v) is 9.43. The number of hydrogen-bond acceptors (Lipinski definition) is 2. The standard InChI is InChI=1S/C10H14BrNO/c1-7-4-3-5-8(11)9(7)10(2,12)6-13/h3-5,13H,6,12H2,1-2H3. The van der Waals surface area contributed by atoms with Crippen LogP contribution in [-0.4, -0.2) is 11.7 Å². The van der Waals surface area contributed by atoms with Crippen LogP contribution < -0.4 is 5.73 Å². The van der Waals surface area contributed by atoms with Gasteiger partial charge < -0.3 is 10.8 Å². The Kier molecular flexibility index (Phi) is 3.11. The van der Waals surface area contributed by atoms with Gasteiger partial charge in [-0.25, -0.2) is 0 Å². The lowest BCUT2D eigenvalue weighted by atomic mass is 9.90. The maximum Gasteiger partial charge on any atom is 0.0650 e. The fourth-order valence-electron chi connectivity index (χ4n) is 1.43. The lowest BCUT2D eigenvalue weighted by Gasteiger charge is -2.25. The summed E-state index contributed by atoms with van der Waals surface area (Å²) in [7, 11) is 0. The number of benzene rings is 1. The van der Waals surface area contributed by atoms with Crippen molar-refractivity contribution < 1.29 is 5.11 Å². The molecule has 72 valence electrons. The minimum atomic E-state index is -0.676. The van der Waals surface area contributed by atoms with Crippen LogP contribution in [0.15, 0.2) is 22.7 Å². The zero-order chi connectivity index (χ0) is 10.1. The molecule has 0 aliphatic carbocycles. The van der Waals surface area contributed by atoms with Crippen molar-refractivity contribution >= 4 is 15.9 Å². The number of halogens is 1. The number of aliphatic hydroxyl groups is 1. The molecule has 1 rings (SSSR count). The van der Waals surface area contributed by atoms with Crippen LogP contribution in [0.5, 0.6) is 0 Å². The van der Waals surface area contributed by atoms with E-state index in [0.29, 0.717) is 0 Å². The van der Waals surface area contributed by atoms with Gasteiger partial charge in [-0.2, -0.15) is 0 Å². The number of hydrogen-bond donors (Lipinski definition) is 2. The van der Waals surface area contributed by atoms with Crippen LogP contribution in [0.4, 0.5) is 0 Å². The average molecular weight is 244 g/mol. The van der Waals surface area contributed by atoms with E-state index in [0.717, 1.165) is 15.6 Å². The highest BCUT2D eigenvalue weighted by Gasteiger charge is 2.24. The summed E-state index contributed by atoms with van der Waals surface area (Å²) in [5.74, 6) is 0. The molecule has 1 unspecified atom stereocenters. The van der Waals surface area contributed by atoms with Crippen molar-refractivity contribution in [3.05, 3.63) is 33.8 Å². The first kappa shape index (κ1) is 10.7. The SMILES string of the molecule is Cc1cccc(Br)c1C(C)(N)CO. The normalized spacial score (nSPS) is 15.5. The molecule has 1 aromatic carbocycles. The highest BCUT2D eigenvalue weighted by atomic mass is 79.9. The predicted molar refractivity (Wildman–Crippen MR) is 57.5 cm³/mol. The van der Waals surface area contributed by atoms with Crippen molar-refractivity contribution in [2.24, 2.45) is 5.73 Å². The molecule has 0 radical (unpaired) electrons. The Morgan fingerprint density at radius 1 is 1.54 bits per heavy atom. The van der Waals surface area contributed by atoms with Crippen LogP contribution in [0, 0.1) is 6.92 Å². The first-order valence-corrected chi connectivity index (χ1v) is 4.93. The van der Waals surface area contributed by atoms with Gasteiger partial charge in [-0.3, -0.25) is 0 Å². The van der Waals surface area contributed by atoms with Crippen LogP contribution in [-0.2, 0) is 5.54 Å². The molecule has 0 aliphatic heterocycles. The smallest absolute Gasteiger partial charge is 0.0650 e. The molecule has 13 heavy (non-hydrogen) atoms. The average Bonchev–Trinajstić information content (AvgIpc) is 2.03. The van der Waals surface area contributed by atoms with Crippen LogP contribution >= 0.6 is 15.9 Å². The van der Waals surface area contributed by atoms with E-state index >= 15 is 0 Å². The second-order valence-corrected chi connectivity index (χ2v) is 4.36. The molecular formula is C10H14BrNO. The van der Waals surface area contributed by atoms with Crippen LogP contribution in [0.2, 0.25) is 0 Å². The summed E-state index contributed by atoms with van der Waals surface area (Å²) in [5, 5.41) is 9.15. The van der Waals surface area contributed by atoms with E-state index in [2.05, 4.69) is 15.9 Å². The number of aryl methyl sites for hydroxylation is 1. The summed E-state index contributed by atoms with van der Waals surface area (Å²) in [6.45, 7) is 3.75. The minimum absolute atomic E-state index is 0.0591. The van der Waals surface area contributed by atoms with Gasteiger partial charge in [0.2, 0.25) is 0 Å². The summed E-state index contributed by atoms with van der Waals surface area (Å²) < 4.78 is 0.951. The van der Waals surface area contributed by atoms with Crippen LogP contribution in [0.25, 0.3) is 0 Å². The van der Waals surface area contributed by atoms with E-state index in [9.17, 15) is 0 Å². The van der Waals surface area contributed by atoms with Crippen LogP contribution in [0.1, 0.15) is 18.1 Å². The molecule has 0 spiro atoms. The molecule has 0 saturated carbocycles. The molecular weight excluding hydrogens is 230 g/mol. The molecule has 2 nitrogen and oxygen atoms in total. The van der Waals surface area contributed by atoms with Gasteiger partial charge in [0.15, 0.2) is 0 Å². The predicted octanol–water partition coefficient (Wildman–Crippen LogP) is 1.92. The second kappa shape index (κ2) is 3.78. The highest BCUT2D eigenvalue weighted by molar-refractivity contribution is 9.10. The lowest BCUT2D eigenvalue weighted by Crippen LogP contribution is -2.38. The molecule has 0 aliphatic rings. The summed E-state index contributed by atoms with van der Waals surface area (Å²) >= 11 is 3.43. The fourth-order valence-corrected chi connectivity index (χ4v) is 2.35. The van der Waals surface area contributed by atoms with E-state index in [1.54, 1.807) is 0 Å². The Hall–Kier alpha value is -0.380. The zero-order valence-electron chi connectivity index (χ0n) is 7.84. The van der Waals surface area contributed by atoms with Gasteiger partial charge in [-0.1, -0.05) is 28.1 Å². The van der Waals surface area contributed by atoms with E-state index in [-0.39, 0.29) is 6.61 Å². The molecule has 0 saturated heterocycles. The van der Waals surface area contributed by atoms with Crippen molar-refractivity contribution in [3.8, 4) is 0 Å². The van der Waals surface area contributed by atoms with Gasteiger partial charge in [-0.05, 0) is 31.0 Å². The van der Waals surface area contributed by atoms with Crippen molar-refractivity contribution in [1.29, 1.82) is 0 Å². The van der Waals surface area contributed by atoms with Gasteiger partial charge in [0.25, 0.3) is 0 Å². The molecule has 1 atom stereocenters. The van der Waals surface area contributed by atoms with Crippen molar-refractivity contribution in [1.82, 2.24) is 0 Å². The van der Waals surface area contributed by atoms with Gasteiger partial charge in [-0.15, -0.1) is 0 Å². The first-order valence-electron chi connectivity index (χ1n) is 4.14. The molecule has 0 aromatic heterocycles. The van der Waals surface area contributed by atoms with Gasteiger partial charge >= 0.3 is 0 Å². The van der Waals surface area contributed by atoms with E-state index in [4.69, 9.17) is 10.8 Å². The maximum atomic E-state index is 9.15. The minimum Gasteiger partial charge on any atom is -0.394 e. The lowest BCUT2D eigenvalue weighted by molar-refractivity contribution is 0.209. The molecule has 3 N–H and O–H groups in total. The van der Waals surface area contributed by atoms with Crippen molar-refractivity contribution in [2.45, 2.75) is 19.4 Å². The Morgan fingerprint density at radius 3 is 2.62 bits per heavy atom. The van der Waals surface area contributed by atoms with Crippen molar-refractivity contribution in [3.63, 3.8) is 0 Å². The number of rotatable bonds is 2. The summed E-state index contributed by atoms with van der Waals surface area (Å²) in [6.07, 6.45) is 0. The highest BCUT2D eigenvalue weighted by Crippen LogP contribution is 2.28. The first-order chi connectivity index (χ1) is 5.99. The molecule has 1 aromatic rings. The monoisotopic (exact) mass is 243 g/mol. The quantitative estimate of drug-likeness (QED) is 0.834. The summed E-state index contributed by atoms with van der Waals surface area (Å²) in [4.78, 5) is 0. The van der Waals surface area contributed by atoms with Crippen LogP contribution in [0.3, 0.4) is 0 Å². The Bertz CT molecular complexity index is 290. The molecule has 0 heterocycles. The third kappa shape index (κ3) is 2.10. The number of nitrogens with two attached hydrogens (primary N) is 1. The third-order valence-corrected chi connectivity index (χ3v) is 2.78. The van der Waals surface area contributed by atoms with E-state index in [1.807, 2.05) is 32.0 Å². The maximum absolute atomic E-state index is 9.15.